The first kappa shape index (κ1) is 92.3. The molecular weight excluding hydrogens is 1930 g/mol. The van der Waals surface area contributed by atoms with Crippen LogP contribution in [0.5, 0.6) is 0 Å². The number of carbonyl (C=O) groups excluding carboxylic acids is 4. The minimum atomic E-state index is -0.270. The second-order valence-corrected chi connectivity index (χ2v) is 44.8. The normalized spacial score (nSPS) is 12.7. The molecule has 0 saturated heterocycles. The van der Waals surface area contributed by atoms with Crippen molar-refractivity contribution in [2.24, 2.45) is 0 Å². The Morgan fingerprint density at radius 3 is 0.864 bits per heavy atom. The Kier molecular flexibility index (Phi) is 37.8. The third-order valence-electron chi connectivity index (χ3n) is 19.0. The Morgan fingerprint density at radius 2 is 0.636 bits per heavy atom. The molecule has 0 N–H and O–H groups in total. The molecule has 10 aromatic rings. The largest absolute Gasteiger partial charge is 1.00 e. The van der Waals surface area contributed by atoms with Crippen LogP contribution in [-0.2, 0) is 25.3 Å². The van der Waals surface area contributed by atoms with E-state index in [1.54, 1.807) is 90.7 Å². The molecule has 4 amide bonds. The molecule has 0 saturated carbocycles. The Labute approximate surface area is 784 Å². The summed E-state index contributed by atoms with van der Waals surface area (Å²) >= 11 is 52.9. The number of allylic oxidation sites excluding steroid dienone is 1. The van der Waals surface area contributed by atoms with E-state index in [9.17, 15) is 24.4 Å². The van der Waals surface area contributed by atoms with Crippen LogP contribution in [0, 0.1) is 31.0 Å². The van der Waals surface area contributed by atoms with Crippen LogP contribution >= 0.6 is 201 Å². The molecule has 3 aliphatic heterocycles. The average molecular weight is 2000 g/mol. The molecule has 110 heavy (non-hydrogen) atoms. The van der Waals surface area contributed by atoms with E-state index in [0.29, 0.717) is 60.8 Å². The van der Waals surface area contributed by atoms with Crippen LogP contribution in [0.3, 0.4) is 0 Å². The zero-order valence-electron chi connectivity index (χ0n) is 61.3. The number of amides is 4. The van der Waals surface area contributed by atoms with Gasteiger partial charge in [-0.2, -0.15) is 9.69 Å². The van der Waals surface area contributed by atoms with E-state index >= 15 is 0 Å². The standard InChI is InChI=1S/C40H37Br2N3O2S6.C36H37Br2Cl2NO2S4.C4H2N2S2.2Na/c1-3-4-5-6-7-8-9-10-11-12-13-14-15-16-17-45-38(46)34-32(28-18-24-26(48-28)20-30(41)50-24)36-37(53-40(52-36)23(22-43)44-2)33(35(34)39(45)47)29-19-25-27(49-29)21-31(42)51-25;1-2-3-4-5-6-7-8-9-10-11-12-13-14-15-16-41-35(42)31-29(25-17-21-23(44-25)19-27(37)46-21)33(39)34(40)30(32(31)36(41)43)26-18-22-24(45-26)20-28(38)47-22;1-5-3(6-2)4(7)8;;/h18-21H,3-17H2,1H3;17-20H,2-16H2,1H3;7-8H;;/q;;;2*+1/p-2. The van der Waals surface area contributed by atoms with Crippen LogP contribution in [0.15, 0.2) is 93.5 Å². The van der Waals surface area contributed by atoms with Crippen molar-refractivity contribution in [1.82, 2.24) is 9.80 Å². The predicted molar refractivity (Wildman–Crippen MR) is 486 cm³/mol. The summed E-state index contributed by atoms with van der Waals surface area (Å²) < 4.78 is 13.5. The Hall–Kier alpha value is -1.56. The van der Waals surface area contributed by atoms with Gasteiger partial charge >= 0.3 is 64.9 Å². The second kappa shape index (κ2) is 45.0. The quantitative estimate of drug-likeness (QED) is 0.00972. The van der Waals surface area contributed by atoms with Crippen molar-refractivity contribution in [3.8, 4) is 47.8 Å². The maximum absolute atomic E-state index is 14.6. The number of imide groups is 2. The van der Waals surface area contributed by atoms with Crippen molar-refractivity contribution < 1.29 is 78.3 Å². The van der Waals surface area contributed by atoms with Crippen LogP contribution in [0.2, 0.25) is 10.0 Å². The van der Waals surface area contributed by atoms with Crippen LogP contribution in [0.25, 0.3) is 93.9 Å². The van der Waals surface area contributed by atoms with Gasteiger partial charge in [-0.05, 0) is 125 Å². The SMILES string of the molecule is CCCCCCCCCCCCCCCCN1C(=O)c2c(c(-c3cc4sc(Br)cc4s3)c(Cl)c(Cl)c2-c2cc3sc(Br)cc3s2)C1=O.[C-]#[N+]C(C#N)=C1Sc2c(c(-c3cc4sc(Br)cc4s3)c3c(c2-c2cc4sc(Br)cc4s2)C(=O)N(CCCCCCCCCCCCCCCC)C3=O)S1.[C-]#[N+]C([N+]#[C-])=C([S-])[S-].[Na+].[Na+]. The number of fused-ring (bicyclic) bond motifs is 7. The molecule has 2 aromatic carbocycles. The van der Waals surface area contributed by atoms with Crippen LogP contribution in [0.4, 0.5) is 0 Å². The summed E-state index contributed by atoms with van der Waals surface area (Å²) in [5, 5.41) is 10.5. The molecule has 0 spiro atoms. The van der Waals surface area contributed by atoms with E-state index in [-0.39, 0.29) is 98.5 Å². The van der Waals surface area contributed by atoms with Crippen molar-refractivity contribution in [3.63, 3.8) is 0 Å². The van der Waals surface area contributed by atoms with E-state index in [4.69, 9.17) is 42.9 Å². The summed E-state index contributed by atoms with van der Waals surface area (Å²) in [6, 6.07) is 18.7. The van der Waals surface area contributed by atoms with Gasteiger partial charge in [-0.3, -0.25) is 29.0 Å². The molecule has 10 nitrogen and oxygen atoms in total. The summed E-state index contributed by atoms with van der Waals surface area (Å²) in [4.78, 5) is 74.9. The van der Waals surface area contributed by atoms with Crippen molar-refractivity contribution in [2.45, 2.75) is 203 Å². The first-order valence-electron chi connectivity index (χ1n) is 36.3. The van der Waals surface area contributed by atoms with Crippen molar-refractivity contribution in [2.75, 3.05) is 13.1 Å². The van der Waals surface area contributed by atoms with E-state index in [1.807, 2.05) is 0 Å². The number of hydrogen-bond acceptors (Lipinski definition) is 17. The van der Waals surface area contributed by atoms with Crippen molar-refractivity contribution >= 4 is 288 Å². The van der Waals surface area contributed by atoms with Gasteiger partial charge in [0.1, 0.15) is 13.1 Å². The Bertz CT molecular complexity index is 4860. The van der Waals surface area contributed by atoms with Gasteiger partial charge in [0.05, 0.1) is 64.3 Å². The van der Waals surface area contributed by atoms with E-state index in [2.05, 4.69) is 172 Å². The number of unbranched alkanes of at least 4 members (excludes halogenated alkanes) is 26. The fourth-order valence-electron chi connectivity index (χ4n) is 13.7. The first-order chi connectivity index (χ1) is 52.3. The molecule has 564 valence electrons. The fourth-order valence-corrected chi connectivity index (χ4v) is 29.7. The summed E-state index contributed by atoms with van der Waals surface area (Å²) in [5.41, 5.74) is 4.35. The third kappa shape index (κ3) is 22.3. The minimum absolute atomic E-state index is 0. The number of carbonyl (C=O) groups is 4. The Morgan fingerprint density at radius 1 is 0.391 bits per heavy atom. The van der Waals surface area contributed by atoms with Gasteiger partial charge in [-0.15, -0.1) is 90.7 Å². The second-order valence-electron chi connectivity index (χ2n) is 26.5. The molecular formula is C80H74Br4Cl2N6Na2O4S12. The van der Waals surface area contributed by atoms with Crippen LogP contribution in [-0.4, -0.2) is 46.5 Å². The van der Waals surface area contributed by atoms with Crippen LogP contribution in [0.1, 0.15) is 235 Å². The summed E-state index contributed by atoms with van der Waals surface area (Å²) in [6.07, 6.45) is 35.0. The zero-order chi connectivity index (χ0) is 76.7. The predicted octanol–water partition coefficient (Wildman–Crippen LogP) is 26.5. The first-order valence-corrected chi connectivity index (χ1v) is 49.2. The molecule has 0 unspecified atom stereocenters. The van der Waals surface area contributed by atoms with Gasteiger partial charge in [0.15, 0.2) is 0 Å². The van der Waals surface area contributed by atoms with E-state index < -0.39 is 0 Å². The molecule has 0 atom stereocenters. The fraction of sp³-hybridized carbons (Fsp3) is 0.400. The number of halogens is 6. The molecule has 0 radical (unpaired) electrons. The van der Waals surface area contributed by atoms with Crippen molar-refractivity contribution in [3.05, 3.63) is 150 Å². The van der Waals surface area contributed by atoms with E-state index in [0.717, 1.165) is 132 Å². The number of nitrogens with zero attached hydrogens (tertiary/aromatic N) is 6. The monoisotopic (exact) mass is 2000 g/mol. The van der Waals surface area contributed by atoms with E-state index in [1.165, 1.54) is 175 Å². The zero-order valence-corrected chi connectivity index (χ0v) is 83.0. The third-order valence-corrected chi connectivity index (χ3v) is 34.1. The number of thiophene rings is 8. The van der Waals surface area contributed by atoms with Gasteiger partial charge in [-0.1, -0.05) is 228 Å². The van der Waals surface area contributed by atoms with Crippen LogP contribution < -0.4 is 59.1 Å². The molecule has 8 aromatic heterocycles. The summed E-state index contributed by atoms with van der Waals surface area (Å²) in [6.45, 7) is 25.7. The number of nitriles is 1. The smallest absolute Gasteiger partial charge is 0.812 e. The molecule has 13 rings (SSSR count). The summed E-state index contributed by atoms with van der Waals surface area (Å²) in [5.74, 6) is -1.21. The average Bonchev–Trinajstić information content (AvgIpc) is 1.55. The van der Waals surface area contributed by atoms with Gasteiger partial charge in [0.25, 0.3) is 29.3 Å². The molecule has 30 heteroatoms. The molecule has 0 fully saturated rings. The van der Waals surface area contributed by atoms with Gasteiger partial charge in [0, 0.05) is 102 Å². The molecule has 3 aliphatic rings. The summed E-state index contributed by atoms with van der Waals surface area (Å²) in [7, 11) is 0. The van der Waals surface area contributed by atoms with Gasteiger partial charge in [-0.25, -0.2) is 14.3 Å². The molecule has 0 aliphatic carbocycles. The Balaban J connectivity index is 0.000000228. The van der Waals surface area contributed by atoms with Gasteiger partial charge < -0.3 is 25.3 Å². The molecule has 11 heterocycles. The topological polar surface area (TPSA) is 112 Å². The van der Waals surface area contributed by atoms with Gasteiger partial charge in [0.2, 0.25) is 0 Å². The maximum atomic E-state index is 14.6. The molecule has 0 bridgehead atoms. The number of hydrogen-bond donors (Lipinski definition) is 0. The number of rotatable bonds is 34. The number of benzene rings is 2. The minimum Gasteiger partial charge on any atom is -0.812 e. The number of thioether (sulfide) groups is 2. The maximum Gasteiger partial charge on any atom is 1.00 e. The van der Waals surface area contributed by atoms with Crippen molar-refractivity contribution in [1.29, 1.82) is 5.26 Å².